The Hall–Kier alpha value is -1.71. The van der Waals surface area contributed by atoms with E-state index in [-0.39, 0.29) is 24.7 Å². The fraction of sp³-hybridized carbons (Fsp3) is 0.914. The molecule has 4 atom stereocenters. The third-order valence-electron chi connectivity index (χ3n) is 8.88. The standard InChI is InChI=1S/C35H68N4O5/c1-3-5-7-9-11-13-15-17-21-29(40)27-39(28-30(41)22-18-16-14-12-10-8-6-4-2)26-20-19-23-31-34(43)38-32(35(44)37-31)24-25-33(36)42/h29-32,40-41H,3-28H2,1-2H3,(H2,36,42)(H,37,44)(H,38,43). The van der Waals surface area contributed by atoms with Gasteiger partial charge in [0.2, 0.25) is 17.7 Å². The summed E-state index contributed by atoms with van der Waals surface area (Å²) in [5.74, 6) is -0.993. The number of hydrogen-bond donors (Lipinski definition) is 5. The molecule has 1 aliphatic heterocycles. The average molecular weight is 625 g/mol. The van der Waals surface area contributed by atoms with Crippen LogP contribution in [0.5, 0.6) is 0 Å². The van der Waals surface area contributed by atoms with Crippen LogP contribution in [0.2, 0.25) is 0 Å². The first-order chi connectivity index (χ1) is 21.3. The Balaban J connectivity index is 2.44. The summed E-state index contributed by atoms with van der Waals surface area (Å²) in [7, 11) is 0. The fourth-order valence-electron chi connectivity index (χ4n) is 6.12. The van der Waals surface area contributed by atoms with Crippen molar-refractivity contribution in [2.24, 2.45) is 5.73 Å². The number of carbonyl (C=O) groups excluding carboxylic acids is 3. The van der Waals surface area contributed by atoms with Gasteiger partial charge in [-0.3, -0.25) is 19.3 Å². The lowest BCUT2D eigenvalue weighted by atomic mass is 10.0. The predicted octanol–water partition coefficient (Wildman–Crippen LogP) is 5.49. The summed E-state index contributed by atoms with van der Waals surface area (Å²) in [6.07, 6.45) is 22.9. The number of carbonyl (C=O) groups is 3. The zero-order chi connectivity index (χ0) is 32.4. The van der Waals surface area contributed by atoms with Crippen LogP contribution in [-0.2, 0) is 14.4 Å². The zero-order valence-electron chi connectivity index (χ0n) is 28.3. The number of nitrogens with two attached hydrogens (primary N) is 1. The van der Waals surface area contributed by atoms with E-state index in [0.29, 0.717) is 19.5 Å². The number of primary amides is 1. The second kappa shape index (κ2) is 26.5. The molecule has 9 nitrogen and oxygen atoms in total. The minimum Gasteiger partial charge on any atom is -0.392 e. The number of nitrogens with zero attached hydrogens (tertiary/aromatic N) is 1. The molecule has 0 radical (unpaired) electrons. The summed E-state index contributed by atoms with van der Waals surface area (Å²) < 4.78 is 0. The van der Waals surface area contributed by atoms with E-state index >= 15 is 0 Å². The van der Waals surface area contributed by atoms with E-state index in [2.05, 4.69) is 29.4 Å². The van der Waals surface area contributed by atoms with Crippen molar-refractivity contribution in [3.05, 3.63) is 0 Å². The summed E-state index contributed by atoms with van der Waals surface area (Å²) >= 11 is 0. The molecule has 3 amide bonds. The van der Waals surface area contributed by atoms with E-state index < -0.39 is 30.2 Å². The molecule has 0 aromatic rings. The number of piperazine rings is 1. The van der Waals surface area contributed by atoms with Crippen LogP contribution in [0.3, 0.4) is 0 Å². The molecule has 44 heavy (non-hydrogen) atoms. The number of nitrogens with one attached hydrogen (secondary N) is 2. The van der Waals surface area contributed by atoms with Gasteiger partial charge in [0.25, 0.3) is 0 Å². The summed E-state index contributed by atoms with van der Waals surface area (Å²) in [6, 6.07) is -1.30. The van der Waals surface area contributed by atoms with Crippen LogP contribution < -0.4 is 16.4 Å². The number of aliphatic hydroxyl groups excluding tert-OH is 2. The molecular weight excluding hydrogens is 556 g/mol. The molecule has 0 saturated carbocycles. The van der Waals surface area contributed by atoms with Gasteiger partial charge in [0.15, 0.2) is 0 Å². The van der Waals surface area contributed by atoms with Gasteiger partial charge in [-0.2, -0.15) is 0 Å². The molecule has 1 aliphatic rings. The maximum Gasteiger partial charge on any atom is 0.243 e. The van der Waals surface area contributed by atoms with Crippen LogP contribution in [0, 0.1) is 0 Å². The first-order valence-corrected chi connectivity index (χ1v) is 18.2. The van der Waals surface area contributed by atoms with E-state index in [9.17, 15) is 24.6 Å². The Morgan fingerprint density at radius 1 is 0.659 bits per heavy atom. The average Bonchev–Trinajstić information content (AvgIpc) is 2.98. The summed E-state index contributed by atoms with van der Waals surface area (Å²) in [5.41, 5.74) is 5.17. The Morgan fingerprint density at radius 2 is 1.07 bits per heavy atom. The van der Waals surface area contributed by atoms with Crippen molar-refractivity contribution in [1.29, 1.82) is 0 Å². The number of unbranched alkanes of at least 4 members (excludes halogenated alkanes) is 15. The van der Waals surface area contributed by atoms with Crippen LogP contribution in [0.25, 0.3) is 0 Å². The normalized spacial score (nSPS) is 18.3. The van der Waals surface area contributed by atoms with E-state index in [1.54, 1.807) is 0 Å². The SMILES string of the molecule is CCCCCCCCCCC(O)CN(CCCCC1NC(=O)C(CCC(N)=O)NC1=O)CC(O)CCCCCCCCCC. The van der Waals surface area contributed by atoms with Gasteiger partial charge >= 0.3 is 0 Å². The molecule has 0 aromatic carbocycles. The van der Waals surface area contributed by atoms with E-state index in [0.717, 1.165) is 57.9 Å². The maximum atomic E-state index is 12.5. The predicted molar refractivity (Wildman–Crippen MR) is 179 cm³/mol. The summed E-state index contributed by atoms with van der Waals surface area (Å²) in [4.78, 5) is 38.1. The van der Waals surface area contributed by atoms with Crippen molar-refractivity contribution in [3.8, 4) is 0 Å². The van der Waals surface area contributed by atoms with Gasteiger partial charge in [0, 0.05) is 19.5 Å². The second-order valence-electron chi connectivity index (χ2n) is 13.2. The smallest absolute Gasteiger partial charge is 0.243 e. The molecule has 0 spiro atoms. The molecule has 1 fully saturated rings. The highest BCUT2D eigenvalue weighted by atomic mass is 16.3. The Morgan fingerprint density at radius 3 is 1.50 bits per heavy atom. The maximum absolute atomic E-state index is 12.5. The molecule has 4 unspecified atom stereocenters. The molecule has 9 heteroatoms. The fourth-order valence-corrected chi connectivity index (χ4v) is 6.12. The van der Waals surface area contributed by atoms with Gasteiger partial charge in [-0.25, -0.2) is 0 Å². The van der Waals surface area contributed by atoms with Gasteiger partial charge in [-0.15, -0.1) is 0 Å². The molecule has 6 N–H and O–H groups in total. The number of hydrogen-bond acceptors (Lipinski definition) is 6. The minimum atomic E-state index is -0.716. The van der Waals surface area contributed by atoms with Gasteiger partial charge < -0.3 is 26.6 Å². The zero-order valence-corrected chi connectivity index (χ0v) is 28.3. The van der Waals surface area contributed by atoms with Crippen molar-refractivity contribution in [1.82, 2.24) is 15.5 Å². The van der Waals surface area contributed by atoms with Gasteiger partial charge in [0.05, 0.1) is 12.2 Å². The van der Waals surface area contributed by atoms with Crippen molar-refractivity contribution < 1.29 is 24.6 Å². The number of aliphatic hydroxyl groups is 2. The largest absolute Gasteiger partial charge is 0.392 e. The Kier molecular flexibility index (Phi) is 24.3. The van der Waals surface area contributed by atoms with E-state index in [1.165, 1.54) is 77.0 Å². The molecule has 1 rings (SSSR count). The molecule has 258 valence electrons. The van der Waals surface area contributed by atoms with Crippen molar-refractivity contribution >= 4 is 17.7 Å². The van der Waals surface area contributed by atoms with Crippen LogP contribution in [-0.4, -0.2) is 76.8 Å². The summed E-state index contributed by atoms with van der Waals surface area (Å²) in [5, 5.41) is 27.1. The molecule has 0 aliphatic carbocycles. The van der Waals surface area contributed by atoms with Crippen molar-refractivity contribution in [3.63, 3.8) is 0 Å². The number of rotatable bonds is 30. The highest BCUT2D eigenvalue weighted by molar-refractivity contribution is 5.97. The van der Waals surface area contributed by atoms with E-state index in [1.807, 2.05) is 0 Å². The minimum absolute atomic E-state index is 0.0503. The summed E-state index contributed by atoms with van der Waals surface area (Å²) in [6.45, 7) is 6.30. The second-order valence-corrected chi connectivity index (χ2v) is 13.2. The Bertz CT molecular complexity index is 725. The first-order valence-electron chi connectivity index (χ1n) is 18.2. The van der Waals surface area contributed by atoms with Gasteiger partial charge in [-0.05, 0) is 45.1 Å². The molecule has 1 saturated heterocycles. The molecular formula is C35H68N4O5. The lowest BCUT2D eigenvalue weighted by Gasteiger charge is -2.30. The lowest BCUT2D eigenvalue weighted by molar-refractivity contribution is -0.137. The number of amides is 3. The first kappa shape index (κ1) is 40.3. The van der Waals surface area contributed by atoms with Crippen LogP contribution in [0.1, 0.15) is 162 Å². The third-order valence-corrected chi connectivity index (χ3v) is 8.88. The molecule has 1 heterocycles. The Labute approximate surface area is 268 Å². The molecule has 0 aromatic heterocycles. The highest BCUT2D eigenvalue weighted by Gasteiger charge is 2.33. The quantitative estimate of drug-likeness (QED) is 0.0669. The topological polar surface area (TPSA) is 145 Å². The highest BCUT2D eigenvalue weighted by Crippen LogP contribution is 2.15. The lowest BCUT2D eigenvalue weighted by Crippen LogP contribution is -2.61. The van der Waals surface area contributed by atoms with Crippen molar-refractivity contribution in [2.75, 3.05) is 19.6 Å². The van der Waals surface area contributed by atoms with Crippen LogP contribution >= 0.6 is 0 Å². The van der Waals surface area contributed by atoms with E-state index in [4.69, 9.17) is 5.73 Å². The molecule has 0 bridgehead atoms. The van der Waals surface area contributed by atoms with Crippen LogP contribution in [0.15, 0.2) is 0 Å². The monoisotopic (exact) mass is 625 g/mol. The van der Waals surface area contributed by atoms with Crippen molar-refractivity contribution in [2.45, 2.75) is 186 Å². The third kappa shape index (κ3) is 21.1. The van der Waals surface area contributed by atoms with Crippen LogP contribution in [0.4, 0.5) is 0 Å². The van der Waals surface area contributed by atoms with Gasteiger partial charge in [0.1, 0.15) is 12.1 Å². The van der Waals surface area contributed by atoms with Gasteiger partial charge in [-0.1, -0.05) is 117 Å².